The number of nitrogens with zero attached hydrogens (tertiary/aromatic N) is 1. The van der Waals surface area contributed by atoms with Crippen LogP contribution in [0.4, 0.5) is 0 Å². The van der Waals surface area contributed by atoms with Crippen molar-refractivity contribution in [3.63, 3.8) is 0 Å². The third kappa shape index (κ3) is 6.83. The van der Waals surface area contributed by atoms with Crippen molar-refractivity contribution in [3.8, 4) is 0 Å². The zero-order valence-electron chi connectivity index (χ0n) is 12.3. The number of likely N-dealkylation sites (N-methyl/N-ethyl adjacent to an activating group) is 1. The van der Waals surface area contributed by atoms with Gasteiger partial charge in [0.1, 0.15) is 6.61 Å². The predicted molar refractivity (Wildman–Crippen MR) is 74.4 cm³/mol. The molecule has 0 radical (unpaired) electrons. The normalized spacial score (nSPS) is 15.9. The summed E-state index contributed by atoms with van der Waals surface area (Å²) >= 11 is 0. The van der Waals surface area contributed by atoms with E-state index in [2.05, 4.69) is 10.6 Å². The highest BCUT2D eigenvalue weighted by atomic mass is 16.5. The minimum absolute atomic E-state index is 0.0342. The molecule has 2 N–H and O–H groups in total. The molecule has 1 heterocycles. The van der Waals surface area contributed by atoms with Crippen molar-refractivity contribution in [2.75, 3.05) is 53.6 Å². The second-order valence-electron chi connectivity index (χ2n) is 4.85. The van der Waals surface area contributed by atoms with Gasteiger partial charge in [0.15, 0.2) is 0 Å². The van der Waals surface area contributed by atoms with Gasteiger partial charge in [0.2, 0.25) is 11.8 Å². The number of amides is 2. The summed E-state index contributed by atoms with van der Waals surface area (Å²) < 4.78 is 10.4. The summed E-state index contributed by atoms with van der Waals surface area (Å²) in [5.74, 6) is -0.370. The summed E-state index contributed by atoms with van der Waals surface area (Å²) in [5, 5.41) is 5.90. The van der Waals surface area contributed by atoms with E-state index in [0.29, 0.717) is 13.2 Å². The van der Waals surface area contributed by atoms with Crippen molar-refractivity contribution in [3.05, 3.63) is 0 Å². The zero-order chi connectivity index (χ0) is 14.8. The van der Waals surface area contributed by atoms with Gasteiger partial charge in [-0.05, 0) is 25.9 Å². The molecule has 1 aliphatic rings. The molecule has 0 spiro atoms. The maximum absolute atomic E-state index is 11.8. The lowest BCUT2D eigenvalue weighted by molar-refractivity contribution is -0.140. The Balaban J connectivity index is 2.15. The van der Waals surface area contributed by atoms with Gasteiger partial charge in [-0.2, -0.15) is 0 Å². The van der Waals surface area contributed by atoms with Gasteiger partial charge in [0, 0.05) is 20.7 Å². The molecule has 0 aliphatic carbocycles. The lowest BCUT2D eigenvalue weighted by Gasteiger charge is -2.24. The van der Waals surface area contributed by atoms with Crippen molar-refractivity contribution in [1.82, 2.24) is 15.5 Å². The molecule has 0 aromatic rings. The van der Waals surface area contributed by atoms with Crippen molar-refractivity contribution >= 4 is 11.8 Å². The van der Waals surface area contributed by atoms with Crippen LogP contribution in [0.5, 0.6) is 0 Å². The maximum Gasteiger partial charge on any atom is 0.248 e. The second-order valence-corrected chi connectivity index (χ2v) is 4.85. The number of hydrogen-bond acceptors (Lipinski definition) is 5. The third-order valence-corrected chi connectivity index (χ3v) is 3.16. The highest BCUT2D eigenvalue weighted by Gasteiger charge is 2.17. The topological polar surface area (TPSA) is 79.9 Å². The largest absolute Gasteiger partial charge is 0.383 e. The first-order chi connectivity index (χ1) is 9.63. The second kappa shape index (κ2) is 9.68. The molecule has 0 atom stereocenters. The van der Waals surface area contributed by atoms with E-state index in [4.69, 9.17) is 9.47 Å². The van der Waals surface area contributed by atoms with Crippen molar-refractivity contribution in [1.29, 1.82) is 0 Å². The Labute approximate surface area is 120 Å². The van der Waals surface area contributed by atoms with Gasteiger partial charge in [0.05, 0.1) is 19.3 Å². The molecule has 7 heteroatoms. The third-order valence-electron chi connectivity index (χ3n) is 3.16. The van der Waals surface area contributed by atoms with E-state index in [1.165, 1.54) is 4.90 Å². The van der Waals surface area contributed by atoms with Crippen molar-refractivity contribution < 1.29 is 19.1 Å². The molecule has 0 aromatic carbocycles. The number of piperidine rings is 1. The Kier molecular flexibility index (Phi) is 8.17. The monoisotopic (exact) mass is 287 g/mol. The molecule has 1 saturated heterocycles. The van der Waals surface area contributed by atoms with Crippen LogP contribution in [0.2, 0.25) is 0 Å². The highest BCUT2D eigenvalue weighted by Crippen LogP contribution is 2.07. The highest BCUT2D eigenvalue weighted by molar-refractivity contribution is 5.85. The summed E-state index contributed by atoms with van der Waals surface area (Å²) in [7, 11) is 3.17. The molecular weight excluding hydrogens is 262 g/mol. The molecule has 7 nitrogen and oxygen atoms in total. The van der Waals surface area contributed by atoms with Crippen molar-refractivity contribution in [2.45, 2.75) is 18.9 Å². The number of carbonyl (C=O) groups is 2. The predicted octanol–water partition coefficient (Wildman–Crippen LogP) is -1.02. The van der Waals surface area contributed by atoms with Crippen LogP contribution in [0.3, 0.4) is 0 Å². The average Bonchev–Trinajstić information content (AvgIpc) is 2.46. The maximum atomic E-state index is 11.8. The van der Waals surface area contributed by atoms with Crippen LogP contribution in [-0.4, -0.2) is 76.4 Å². The minimum atomic E-state index is -0.195. The van der Waals surface area contributed by atoms with Gasteiger partial charge >= 0.3 is 0 Å². The van der Waals surface area contributed by atoms with E-state index in [1.807, 2.05) is 0 Å². The van der Waals surface area contributed by atoms with E-state index in [9.17, 15) is 9.59 Å². The van der Waals surface area contributed by atoms with E-state index < -0.39 is 0 Å². The Morgan fingerprint density at radius 3 is 2.70 bits per heavy atom. The standard InChI is InChI=1S/C13H25N3O4/c1-16(9-12(17)15-7-8-19-2)13(18)10-20-11-3-5-14-6-4-11/h11,14H,3-10H2,1-2H3,(H,15,17). The average molecular weight is 287 g/mol. The summed E-state index contributed by atoms with van der Waals surface area (Å²) in [6, 6.07) is 0. The number of nitrogens with one attached hydrogen (secondary N) is 2. The van der Waals surface area contributed by atoms with E-state index in [0.717, 1.165) is 25.9 Å². The van der Waals surface area contributed by atoms with Crippen LogP contribution in [-0.2, 0) is 19.1 Å². The van der Waals surface area contributed by atoms with Crippen LogP contribution < -0.4 is 10.6 Å². The first-order valence-corrected chi connectivity index (χ1v) is 6.95. The molecule has 20 heavy (non-hydrogen) atoms. The fourth-order valence-electron chi connectivity index (χ4n) is 1.91. The summed E-state index contributed by atoms with van der Waals surface area (Å²) in [4.78, 5) is 24.7. The van der Waals surface area contributed by atoms with Gasteiger partial charge in [-0.25, -0.2) is 0 Å². The lowest BCUT2D eigenvalue weighted by Crippen LogP contribution is -2.41. The summed E-state index contributed by atoms with van der Waals surface area (Å²) in [6.07, 6.45) is 1.99. The van der Waals surface area contributed by atoms with Gasteiger partial charge in [-0.1, -0.05) is 0 Å². The van der Waals surface area contributed by atoms with E-state index >= 15 is 0 Å². The molecule has 1 aliphatic heterocycles. The number of methoxy groups -OCH3 is 1. The summed E-state index contributed by atoms with van der Waals surface area (Å²) in [5.41, 5.74) is 0. The molecule has 1 rings (SSSR count). The fourth-order valence-corrected chi connectivity index (χ4v) is 1.91. The van der Waals surface area contributed by atoms with Crippen LogP contribution in [0.25, 0.3) is 0 Å². The molecule has 0 bridgehead atoms. The van der Waals surface area contributed by atoms with Crippen LogP contribution in [0, 0.1) is 0 Å². The van der Waals surface area contributed by atoms with Gasteiger partial charge < -0.3 is 25.0 Å². The first kappa shape index (κ1) is 16.9. The molecule has 0 unspecified atom stereocenters. The van der Waals surface area contributed by atoms with Crippen LogP contribution in [0.15, 0.2) is 0 Å². The first-order valence-electron chi connectivity index (χ1n) is 6.95. The Morgan fingerprint density at radius 2 is 2.05 bits per heavy atom. The van der Waals surface area contributed by atoms with Gasteiger partial charge in [0.25, 0.3) is 0 Å². The van der Waals surface area contributed by atoms with Crippen LogP contribution in [0.1, 0.15) is 12.8 Å². The molecule has 1 fully saturated rings. The van der Waals surface area contributed by atoms with E-state index in [1.54, 1.807) is 14.2 Å². The zero-order valence-corrected chi connectivity index (χ0v) is 12.3. The Bertz CT molecular complexity index is 306. The number of carbonyl (C=O) groups excluding carboxylic acids is 2. The molecular formula is C13H25N3O4. The lowest BCUT2D eigenvalue weighted by atomic mass is 10.1. The quantitative estimate of drug-likeness (QED) is 0.558. The molecule has 0 aromatic heterocycles. The van der Waals surface area contributed by atoms with Crippen LogP contribution >= 0.6 is 0 Å². The Morgan fingerprint density at radius 1 is 1.35 bits per heavy atom. The fraction of sp³-hybridized carbons (Fsp3) is 0.846. The number of rotatable bonds is 8. The molecule has 0 saturated carbocycles. The Hall–Kier alpha value is -1.18. The smallest absolute Gasteiger partial charge is 0.248 e. The van der Waals surface area contributed by atoms with E-state index in [-0.39, 0.29) is 31.1 Å². The SMILES string of the molecule is COCCNC(=O)CN(C)C(=O)COC1CCNCC1. The molecule has 116 valence electrons. The van der Waals surface area contributed by atoms with Gasteiger partial charge in [-0.15, -0.1) is 0 Å². The summed E-state index contributed by atoms with van der Waals surface area (Å²) in [6.45, 7) is 2.84. The number of ether oxygens (including phenoxy) is 2. The van der Waals surface area contributed by atoms with Gasteiger partial charge in [-0.3, -0.25) is 9.59 Å². The molecule has 2 amide bonds. The minimum Gasteiger partial charge on any atom is -0.383 e. The van der Waals surface area contributed by atoms with Crippen molar-refractivity contribution in [2.24, 2.45) is 0 Å². The number of hydrogen-bond donors (Lipinski definition) is 2.